The molecule has 0 N–H and O–H groups in total. The van der Waals surface area contributed by atoms with Crippen molar-refractivity contribution in [1.29, 1.82) is 0 Å². The Kier molecular flexibility index (Phi) is 6.80. The van der Waals surface area contributed by atoms with Gasteiger partial charge in [-0.05, 0) is 55.0 Å². The summed E-state index contributed by atoms with van der Waals surface area (Å²) in [4.78, 5) is 28.2. The summed E-state index contributed by atoms with van der Waals surface area (Å²) in [6.07, 6.45) is 5.19. The van der Waals surface area contributed by atoms with Crippen LogP contribution in [0.5, 0.6) is 11.5 Å². The van der Waals surface area contributed by atoms with Gasteiger partial charge in [0.2, 0.25) is 0 Å². The maximum Gasteiger partial charge on any atom is 0.338 e. The molecule has 4 atom stereocenters. The summed E-state index contributed by atoms with van der Waals surface area (Å²) in [6.45, 7) is 7.43. The number of esters is 1. The summed E-state index contributed by atoms with van der Waals surface area (Å²) in [7, 11) is 1.29. The van der Waals surface area contributed by atoms with Gasteiger partial charge in [0.1, 0.15) is 17.0 Å². The second-order valence-electron chi connectivity index (χ2n) is 12.3. The molecule has 1 aliphatic carbocycles. The first-order chi connectivity index (χ1) is 22.3. The number of aryl methyl sites for hydroxylation is 1. The van der Waals surface area contributed by atoms with Gasteiger partial charge in [-0.3, -0.25) is 9.88 Å². The van der Waals surface area contributed by atoms with Gasteiger partial charge in [-0.2, -0.15) is 0 Å². The number of ether oxygens (including phenoxy) is 3. The van der Waals surface area contributed by atoms with E-state index in [1.165, 1.54) is 13.2 Å². The molecule has 0 amide bonds. The molecule has 8 rings (SSSR count). The van der Waals surface area contributed by atoms with Crippen molar-refractivity contribution < 1.29 is 23.4 Å². The molecule has 236 valence electrons. The van der Waals surface area contributed by atoms with Crippen molar-refractivity contribution in [3.63, 3.8) is 0 Å². The number of piperidine rings is 1. The molecule has 1 saturated heterocycles. The van der Waals surface area contributed by atoms with E-state index in [-0.39, 0.29) is 11.1 Å². The molecule has 46 heavy (non-hydrogen) atoms. The topological polar surface area (TPSA) is 96.5 Å². The van der Waals surface area contributed by atoms with Gasteiger partial charge < -0.3 is 23.3 Å². The third kappa shape index (κ3) is 4.72. The van der Waals surface area contributed by atoms with Crippen LogP contribution in [0.4, 0.5) is 4.39 Å². The fourth-order valence-corrected chi connectivity index (χ4v) is 7.36. The number of benzene rings is 2. The Morgan fingerprint density at radius 3 is 2.70 bits per heavy atom. The lowest BCUT2D eigenvalue weighted by molar-refractivity contribution is -0.0721. The number of hydrogen-bond donors (Lipinski definition) is 0. The van der Waals surface area contributed by atoms with E-state index < -0.39 is 17.6 Å². The zero-order valence-electron chi connectivity index (χ0n) is 25.6. The Morgan fingerprint density at radius 2 is 1.96 bits per heavy atom. The second kappa shape index (κ2) is 10.8. The van der Waals surface area contributed by atoms with E-state index in [1.54, 1.807) is 24.7 Å². The number of pyridine rings is 1. The summed E-state index contributed by atoms with van der Waals surface area (Å²) in [5.41, 5.74) is 3.72. The van der Waals surface area contributed by atoms with Crippen molar-refractivity contribution >= 4 is 28.6 Å². The number of halogens is 2. The Hall–Kier alpha value is -4.48. The van der Waals surface area contributed by atoms with E-state index in [0.29, 0.717) is 52.8 Å². The van der Waals surface area contributed by atoms with Gasteiger partial charge in [0.15, 0.2) is 17.3 Å². The number of methoxy groups -OCH3 is 1. The van der Waals surface area contributed by atoms with Gasteiger partial charge in [-0.25, -0.2) is 19.2 Å². The Bertz CT molecular complexity index is 1980. The highest BCUT2D eigenvalue weighted by molar-refractivity contribution is 6.30. The highest BCUT2D eigenvalue weighted by Crippen LogP contribution is 2.62. The average molecular weight is 643 g/mol. The normalized spacial score (nSPS) is 23.2. The molecule has 3 aromatic heterocycles. The van der Waals surface area contributed by atoms with Crippen LogP contribution >= 0.6 is 11.6 Å². The van der Waals surface area contributed by atoms with E-state index in [1.807, 2.05) is 47.4 Å². The van der Waals surface area contributed by atoms with Crippen molar-refractivity contribution in [2.75, 3.05) is 20.2 Å². The van der Waals surface area contributed by atoms with E-state index in [4.69, 9.17) is 30.8 Å². The first kappa shape index (κ1) is 29.0. The van der Waals surface area contributed by atoms with Gasteiger partial charge in [-0.1, -0.05) is 23.7 Å². The summed E-state index contributed by atoms with van der Waals surface area (Å²) >= 11 is 6.06. The fraction of sp³-hybridized carbons (Fsp3) is 0.353. The molecule has 0 spiro atoms. The van der Waals surface area contributed by atoms with Crippen LogP contribution in [0.15, 0.2) is 61.2 Å². The van der Waals surface area contributed by atoms with Crippen LogP contribution in [0.2, 0.25) is 5.02 Å². The number of likely N-dealkylation sites (tertiary alicyclic amines) is 1. The predicted octanol–water partition coefficient (Wildman–Crippen LogP) is 5.76. The van der Waals surface area contributed by atoms with Gasteiger partial charge in [0.05, 0.1) is 48.3 Å². The second-order valence-corrected chi connectivity index (χ2v) is 12.8. The van der Waals surface area contributed by atoms with Crippen molar-refractivity contribution in [1.82, 2.24) is 29.0 Å². The first-order valence-electron chi connectivity index (χ1n) is 15.4. The van der Waals surface area contributed by atoms with Crippen molar-refractivity contribution in [3.05, 3.63) is 100 Å². The number of carbonyl (C=O) groups is 1. The third-order valence-electron chi connectivity index (χ3n) is 9.56. The summed E-state index contributed by atoms with van der Waals surface area (Å²) in [5.74, 6) is 1.32. The molecule has 0 radical (unpaired) electrons. The van der Waals surface area contributed by atoms with Crippen LogP contribution in [0.25, 0.3) is 11.0 Å². The van der Waals surface area contributed by atoms with Crippen molar-refractivity contribution in [2.24, 2.45) is 11.8 Å². The molecule has 10 nitrogen and oxygen atoms in total. The number of hydrogen-bond acceptors (Lipinski definition) is 8. The van der Waals surface area contributed by atoms with E-state index >= 15 is 4.39 Å². The Labute approximate surface area is 269 Å². The molecule has 5 heterocycles. The van der Waals surface area contributed by atoms with E-state index in [2.05, 4.69) is 20.9 Å². The molecule has 1 saturated carbocycles. The lowest BCUT2D eigenvalue weighted by atomic mass is 10.0. The predicted molar refractivity (Wildman–Crippen MR) is 167 cm³/mol. The monoisotopic (exact) mass is 642 g/mol. The smallest absolute Gasteiger partial charge is 0.338 e. The summed E-state index contributed by atoms with van der Waals surface area (Å²) in [5, 5.41) is 0.554. The largest absolute Gasteiger partial charge is 0.465 e. The highest BCUT2D eigenvalue weighted by atomic mass is 35.5. The zero-order valence-corrected chi connectivity index (χ0v) is 26.4. The maximum absolute atomic E-state index is 15.3. The maximum atomic E-state index is 15.3. The zero-order chi connectivity index (χ0) is 31.7. The number of imidazole rings is 2. The number of para-hydroxylation sites is 1. The molecule has 5 aromatic rings. The molecule has 3 aliphatic rings. The standard InChI is InChI=1S/C34H32ClFN6O4/c1-4-41-18-37-13-21(41)14-42-26-11-19(33(43)44-3)10-25(36)31(26)39-29(42)17-40-15-23-24(16-40)30(23)22-6-5-7-27-32(22)46-34(2,45-27)28-9-8-20(35)12-38-28/h5-13,18,23-24,30H,4,14-17H2,1-3H3/t23-,24+,30?,34-/m1/s1. The van der Waals surface area contributed by atoms with E-state index in [9.17, 15) is 4.79 Å². The minimum atomic E-state index is -1.03. The average Bonchev–Trinajstić information content (AvgIpc) is 3.54. The molecule has 2 aromatic carbocycles. The lowest BCUT2D eigenvalue weighted by Gasteiger charge is -2.23. The van der Waals surface area contributed by atoms with Gasteiger partial charge in [-0.15, -0.1) is 0 Å². The lowest BCUT2D eigenvalue weighted by Crippen LogP contribution is -2.32. The third-order valence-corrected chi connectivity index (χ3v) is 9.79. The Balaban J connectivity index is 1.04. The number of nitrogens with zero attached hydrogens (tertiary/aromatic N) is 6. The van der Waals surface area contributed by atoms with Crippen molar-refractivity contribution in [2.45, 2.75) is 45.2 Å². The number of aromatic nitrogens is 5. The molecular formula is C34H32ClFN6O4. The van der Waals surface area contributed by atoms with Gasteiger partial charge in [0, 0.05) is 44.5 Å². The SMILES string of the molecule is CCn1cncc1Cn1c(CN2C[C@@H]3C(c4cccc5c4O[C@](C)(c4ccc(Cl)cn4)O5)[C@@H]3C2)nc2c(F)cc(C(=O)OC)cc21. The Morgan fingerprint density at radius 1 is 1.13 bits per heavy atom. The summed E-state index contributed by atoms with van der Waals surface area (Å²) < 4.78 is 37.0. The molecule has 0 bridgehead atoms. The number of rotatable bonds is 8. The van der Waals surface area contributed by atoms with Gasteiger partial charge >= 0.3 is 5.97 Å². The van der Waals surface area contributed by atoms with Crippen LogP contribution in [-0.4, -0.2) is 55.2 Å². The molecular weight excluding hydrogens is 611 g/mol. The minimum Gasteiger partial charge on any atom is -0.465 e. The van der Waals surface area contributed by atoms with Crippen LogP contribution < -0.4 is 9.47 Å². The highest BCUT2D eigenvalue weighted by Gasteiger charge is 2.58. The molecule has 2 fully saturated rings. The van der Waals surface area contributed by atoms with Gasteiger partial charge in [0.25, 0.3) is 5.79 Å². The first-order valence-corrected chi connectivity index (χ1v) is 15.8. The molecule has 1 unspecified atom stereocenters. The molecule has 2 aliphatic heterocycles. The molecule has 12 heteroatoms. The quantitative estimate of drug-likeness (QED) is 0.197. The number of carbonyl (C=O) groups excluding carboxylic acids is 1. The summed E-state index contributed by atoms with van der Waals surface area (Å²) in [6, 6.07) is 12.5. The van der Waals surface area contributed by atoms with Crippen LogP contribution in [0.3, 0.4) is 0 Å². The van der Waals surface area contributed by atoms with E-state index in [0.717, 1.165) is 42.5 Å². The van der Waals surface area contributed by atoms with Crippen LogP contribution in [0.1, 0.15) is 52.9 Å². The van der Waals surface area contributed by atoms with Crippen LogP contribution in [0, 0.1) is 17.7 Å². The number of fused-ring (bicyclic) bond motifs is 3. The van der Waals surface area contributed by atoms with Crippen molar-refractivity contribution in [3.8, 4) is 11.5 Å². The minimum absolute atomic E-state index is 0.152. The fourth-order valence-electron chi connectivity index (χ4n) is 7.25. The van der Waals surface area contributed by atoms with Crippen LogP contribution in [-0.2, 0) is 30.2 Å².